The number of nitrogens with zero attached hydrogens (tertiary/aromatic N) is 1. The Bertz CT molecular complexity index is 892. The Morgan fingerprint density at radius 3 is 2.71 bits per heavy atom. The van der Waals surface area contributed by atoms with Crippen molar-refractivity contribution in [2.75, 3.05) is 18.6 Å². The van der Waals surface area contributed by atoms with Gasteiger partial charge in [-0.2, -0.15) is 8.42 Å². The van der Waals surface area contributed by atoms with Crippen molar-refractivity contribution < 1.29 is 22.5 Å². The van der Waals surface area contributed by atoms with Crippen LogP contribution in [0.5, 0.6) is 5.75 Å². The van der Waals surface area contributed by atoms with Crippen LogP contribution in [0.3, 0.4) is 0 Å². The van der Waals surface area contributed by atoms with Gasteiger partial charge in [0.1, 0.15) is 5.75 Å². The molecule has 0 saturated carbocycles. The molecular weight excluding hydrogens is 330 g/mol. The van der Waals surface area contributed by atoms with Crippen LogP contribution < -0.4 is 9.64 Å². The number of hydrogen-bond acceptors (Lipinski definition) is 4. The van der Waals surface area contributed by atoms with E-state index in [-0.39, 0.29) is 17.2 Å². The lowest BCUT2D eigenvalue weighted by Gasteiger charge is -2.18. The van der Waals surface area contributed by atoms with E-state index in [1.165, 1.54) is 12.1 Å². The van der Waals surface area contributed by atoms with Gasteiger partial charge in [0.05, 0.1) is 18.4 Å². The highest BCUT2D eigenvalue weighted by Gasteiger charge is 2.26. The summed E-state index contributed by atoms with van der Waals surface area (Å²) >= 11 is 0. The maximum absolute atomic E-state index is 12.6. The molecule has 0 aromatic heterocycles. The van der Waals surface area contributed by atoms with E-state index in [4.69, 9.17) is 9.29 Å². The molecule has 0 spiro atoms. The first-order chi connectivity index (χ1) is 11.4. The fourth-order valence-electron chi connectivity index (χ4n) is 2.91. The molecule has 2 aromatic carbocycles. The highest BCUT2D eigenvalue weighted by molar-refractivity contribution is 7.85. The Labute approximate surface area is 140 Å². The van der Waals surface area contributed by atoms with Crippen molar-refractivity contribution in [2.24, 2.45) is 0 Å². The zero-order chi connectivity index (χ0) is 17.3. The fourth-order valence-corrected chi connectivity index (χ4v) is 3.44. The molecule has 0 fully saturated rings. The number of carbonyl (C=O) groups excluding carboxylic acids is 1. The quantitative estimate of drug-likeness (QED) is 0.856. The molecule has 0 atom stereocenters. The number of rotatable bonds is 4. The SMILES string of the molecule is COc1ccccc1CC(=O)N1CCc2cc(S(=O)(=O)O)ccc21. The lowest BCUT2D eigenvalue weighted by Crippen LogP contribution is -2.30. The first-order valence-corrected chi connectivity index (χ1v) is 8.87. The number of ether oxygens (including phenoxy) is 1. The number of fused-ring (bicyclic) bond motifs is 1. The van der Waals surface area contributed by atoms with Crippen molar-refractivity contribution in [3.63, 3.8) is 0 Å². The molecule has 0 aliphatic carbocycles. The summed E-state index contributed by atoms with van der Waals surface area (Å²) in [6, 6.07) is 11.6. The van der Waals surface area contributed by atoms with Gasteiger partial charge in [0, 0.05) is 17.8 Å². The monoisotopic (exact) mass is 347 g/mol. The van der Waals surface area contributed by atoms with Crippen molar-refractivity contribution in [1.82, 2.24) is 0 Å². The third-order valence-corrected chi connectivity index (χ3v) is 4.93. The van der Waals surface area contributed by atoms with Crippen molar-refractivity contribution in [3.05, 3.63) is 53.6 Å². The normalized spacial score (nSPS) is 13.7. The predicted molar refractivity (Wildman–Crippen MR) is 89.0 cm³/mol. The fraction of sp³-hybridized carbons (Fsp3) is 0.235. The van der Waals surface area contributed by atoms with Gasteiger partial charge in [-0.1, -0.05) is 18.2 Å². The molecule has 7 heteroatoms. The van der Waals surface area contributed by atoms with Crippen molar-refractivity contribution in [2.45, 2.75) is 17.7 Å². The topological polar surface area (TPSA) is 83.9 Å². The molecule has 126 valence electrons. The molecule has 0 saturated heterocycles. The van der Waals surface area contributed by atoms with E-state index < -0.39 is 10.1 Å². The summed E-state index contributed by atoms with van der Waals surface area (Å²) in [5.41, 5.74) is 2.22. The predicted octanol–water partition coefficient (Wildman–Crippen LogP) is 2.07. The molecule has 0 radical (unpaired) electrons. The first kappa shape index (κ1) is 16.5. The second-order valence-corrected chi connectivity index (χ2v) is 6.97. The van der Waals surface area contributed by atoms with Crippen LogP contribution in [0, 0.1) is 0 Å². The maximum Gasteiger partial charge on any atom is 0.294 e. The Hall–Kier alpha value is -2.38. The summed E-state index contributed by atoms with van der Waals surface area (Å²) < 4.78 is 36.8. The number of benzene rings is 2. The molecule has 0 unspecified atom stereocenters. The molecule has 24 heavy (non-hydrogen) atoms. The maximum atomic E-state index is 12.6. The molecule has 1 aliphatic heterocycles. The largest absolute Gasteiger partial charge is 0.496 e. The van der Waals surface area contributed by atoms with Crippen LogP contribution >= 0.6 is 0 Å². The van der Waals surface area contributed by atoms with Crippen molar-refractivity contribution in [3.8, 4) is 5.75 Å². The van der Waals surface area contributed by atoms with Crippen LogP contribution in [0.4, 0.5) is 5.69 Å². The van der Waals surface area contributed by atoms with E-state index in [0.29, 0.717) is 24.4 Å². The van der Waals surface area contributed by atoms with Crippen LogP contribution in [0.1, 0.15) is 11.1 Å². The molecule has 1 heterocycles. The van der Waals surface area contributed by atoms with Crippen LogP contribution in [-0.2, 0) is 27.8 Å². The van der Waals surface area contributed by atoms with Crippen LogP contribution in [0.25, 0.3) is 0 Å². The lowest BCUT2D eigenvalue weighted by atomic mass is 10.1. The average Bonchev–Trinajstić information content (AvgIpc) is 2.97. The summed E-state index contributed by atoms with van der Waals surface area (Å²) in [7, 11) is -2.68. The Kier molecular flexibility index (Phi) is 4.29. The zero-order valence-corrected chi connectivity index (χ0v) is 13.9. The standard InChI is InChI=1S/C17H17NO5S/c1-23-16-5-3-2-4-13(16)11-17(19)18-9-8-12-10-14(24(20,21)22)6-7-15(12)18/h2-7,10H,8-9,11H2,1H3,(H,20,21,22). The van der Waals surface area contributed by atoms with E-state index in [1.807, 2.05) is 18.2 Å². The van der Waals surface area contributed by atoms with E-state index in [9.17, 15) is 13.2 Å². The molecule has 0 bridgehead atoms. The molecule has 1 amide bonds. The smallest absolute Gasteiger partial charge is 0.294 e. The summed E-state index contributed by atoms with van der Waals surface area (Å²) in [6.45, 7) is 0.484. The van der Waals surface area contributed by atoms with Gasteiger partial charge >= 0.3 is 0 Å². The van der Waals surface area contributed by atoms with Crippen molar-refractivity contribution >= 4 is 21.7 Å². The number of methoxy groups -OCH3 is 1. The Balaban J connectivity index is 1.85. The summed E-state index contributed by atoms with van der Waals surface area (Å²) in [5, 5.41) is 0. The minimum absolute atomic E-state index is 0.0853. The number of hydrogen-bond donors (Lipinski definition) is 1. The van der Waals surface area contributed by atoms with Gasteiger partial charge < -0.3 is 9.64 Å². The number of anilines is 1. The summed E-state index contributed by atoms with van der Waals surface area (Å²) in [4.78, 5) is 14.1. The van der Waals surface area contributed by atoms with Gasteiger partial charge in [-0.3, -0.25) is 9.35 Å². The van der Waals surface area contributed by atoms with Crippen LogP contribution in [0.2, 0.25) is 0 Å². The minimum atomic E-state index is -4.24. The zero-order valence-electron chi connectivity index (χ0n) is 13.1. The van der Waals surface area contributed by atoms with E-state index in [1.54, 1.807) is 24.1 Å². The molecule has 1 N–H and O–H groups in total. The van der Waals surface area contributed by atoms with Crippen LogP contribution in [-0.4, -0.2) is 32.5 Å². The van der Waals surface area contributed by atoms with Gasteiger partial charge in [0.15, 0.2) is 0 Å². The summed E-state index contributed by atoms with van der Waals surface area (Å²) in [5.74, 6) is 0.574. The second kappa shape index (κ2) is 6.26. The number of amides is 1. The van der Waals surface area contributed by atoms with Gasteiger partial charge in [-0.05, 0) is 36.2 Å². The van der Waals surface area contributed by atoms with Gasteiger partial charge in [0.25, 0.3) is 10.1 Å². The minimum Gasteiger partial charge on any atom is -0.496 e. The number of para-hydroxylation sites is 1. The highest BCUT2D eigenvalue weighted by atomic mass is 32.2. The van der Waals surface area contributed by atoms with E-state index in [0.717, 1.165) is 11.1 Å². The van der Waals surface area contributed by atoms with Crippen LogP contribution in [0.15, 0.2) is 47.4 Å². The molecule has 6 nitrogen and oxygen atoms in total. The molecule has 2 aromatic rings. The molecule has 1 aliphatic rings. The first-order valence-electron chi connectivity index (χ1n) is 7.43. The lowest BCUT2D eigenvalue weighted by molar-refractivity contribution is -0.117. The van der Waals surface area contributed by atoms with E-state index >= 15 is 0 Å². The van der Waals surface area contributed by atoms with Gasteiger partial charge in [-0.25, -0.2) is 0 Å². The summed E-state index contributed by atoms with van der Waals surface area (Å²) in [6.07, 6.45) is 0.750. The second-order valence-electron chi connectivity index (χ2n) is 5.55. The molecule has 3 rings (SSSR count). The third kappa shape index (κ3) is 3.13. The Morgan fingerprint density at radius 2 is 2.00 bits per heavy atom. The van der Waals surface area contributed by atoms with Gasteiger partial charge in [0.2, 0.25) is 5.91 Å². The van der Waals surface area contributed by atoms with Gasteiger partial charge in [-0.15, -0.1) is 0 Å². The third-order valence-electron chi connectivity index (χ3n) is 4.08. The van der Waals surface area contributed by atoms with Crippen molar-refractivity contribution in [1.29, 1.82) is 0 Å². The highest BCUT2D eigenvalue weighted by Crippen LogP contribution is 2.31. The molecular formula is C17H17NO5S. The van der Waals surface area contributed by atoms with E-state index in [2.05, 4.69) is 0 Å². The number of carbonyl (C=O) groups is 1. The Morgan fingerprint density at radius 1 is 1.25 bits per heavy atom. The average molecular weight is 347 g/mol.